The van der Waals surface area contributed by atoms with Gasteiger partial charge in [-0.05, 0) is 25.8 Å². The summed E-state index contributed by atoms with van der Waals surface area (Å²) in [6.07, 6.45) is 8.70. The van der Waals surface area contributed by atoms with Gasteiger partial charge < -0.3 is 10.1 Å². The smallest absolute Gasteiger partial charge is 0.248 e. The third-order valence-corrected chi connectivity index (χ3v) is 2.75. The molecule has 0 aliphatic carbocycles. The number of allylic oxidation sites excluding steroid dienone is 1. The van der Waals surface area contributed by atoms with Crippen LogP contribution in [-0.4, -0.2) is 28.9 Å². The second kappa shape index (κ2) is 5.63. The average molecular weight is 235 g/mol. The molecule has 0 saturated carbocycles. The van der Waals surface area contributed by atoms with E-state index in [1.807, 2.05) is 17.8 Å². The third kappa shape index (κ3) is 3.17. The highest BCUT2D eigenvalue weighted by Gasteiger charge is 2.16. The Morgan fingerprint density at radius 1 is 1.59 bits per heavy atom. The van der Waals surface area contributed by atoms with Crippen molar-refractivity contribution in [3.8, 4) is 0 Å². The van der Waals surface area contributed by atoms with E-state index < -0.39 is 0 Å². The molecule has 0 atom stereocenters. The van der Waals surface area contributed by atoms with Crippen LogP contribution in [-0.2, 0) is 9.53 Å². The predicted molar refractivity (Wildman–Crippen MR) is 64.8 cm³/mol. The van der Waals surface area contributed by atoms with E-state index in [4.69, 9.17) is 4.74 Å². The number of rotatable bonds is 3. The quantitative estimate of drug-likeness (QED) is 0.812. The topological polar surface area (TPSA) is 56.2 Å². The van der Waals surface area contributed by atoms with Crippen LogP contribution >= 0.6 is 0 Å². The van der Waals surface area contributed by atoms with Gasteiger partial charge in [-0.3, -0.25) is 9.48 Å². The minimum absolute atomic E-state index is 0.126. The molecule has 1 aromatic rings. The molecule has 1 N–H and O–H groups in total. The zero-order valence-corrected chi connectivity index (χ0v) is 9.93. The van der Waals surface area contributed by atoms with Crippen LogP contribution in [0, 0.1) is 0 Å². The Hall–Kier alpha value is -1.62. The maximum Gasteiger partial charge on any atom is 0.248 e. The number of nitrogens with one attached hydrogen (secondary N) is 1. The van der Waals surface area contributed by atoms with Gasteiger partial charge in [0, 0.05) is 19.4 Å². The van der Waals surface area contributed by atoms with Crippen molar-refractivity contribution in [3.05, 3.63) is 24.5 Å². The van der Waals surface area contributed by atoms with Gasteiger partial charge in [-0.1, -0.05) is 6.08 Å². The van der Waals surface area contributed by atoms with Crippen molar-refractivity contribution in [2.45, 2.75) is 25.8 Å². The molecule has 1 aromatic heterocycles. The van der Waals surface area contributed by atoms with Crippen molar-refractivity contribution in [1.29, 1.82) is 0 Å². The van der Waals surface area contributed by atoms with Gasteiger partial charge in [0.1, 0.15) is 0 Å². The standard InChI is InChI=1S/C12H17N3O2/c1-2-3-12(16)14-10-8-13-15(9-10)11-4-6-17-7-5-11/h2-3,8-9,11H,4-7H2,1H3,(H,14,16)/b3-2+. The molecule has 5 heteroatoms. The molecule has 1 saturated heterocycles. The molecular formula is C12H17N3O2. The Morgan fingerprint density at radius 2 is 2.35 bits per heavy atom. The molecule has 0 aromatic carbocycles. The monoisotopic (exact) mass is 235 g/mol. The summed E-state index contributed by atoms with van der Waals surface area (Å²) in [5.41, 5.74) is 0.736. The van der Waals surface area contributed by atoms with Crippen molar-refractivity contribution >= 4 is 11.6 Å². The molecule has 0 unspecified atom stereocenters. The number of aromatic nitrogens is 2. The van der Waals surface area contributed by atoms with Gasteiger partial charge in [0.15, 0.2) is 0 Å². The Morgan fingerprint density at radius 3 is 3.06 bits per heavy atom. The first-order chi connectivity index (χ1) is 8.29. The summed E-state index contributed by atoms with van der Waals surface area (Å²) in [7, 11) is 0. The first-order valence-corrected chi connectivity index (χ1v) is 5.85. The fourth-order valence-corrected chi connectivity index (χ4v) is 1.89. The second-order valence-electron chi connectivity index (χ2n) is 4.04. The van der Waals surface area contributed by atoms with Gasteiger partial charge in [-0.25, -0.2) is 0 Å². The van der Waals surface area contributed by atoms with Gasteiger partial charge in [0.05, 0.1) is 17.9 Å². The lowest BCUT2D eigenvalue weighted by Crippen LogP contribution is -2.19. The van der Waals surface area contributed by atoms with E-state index in [9.17, 15) is 4.79 Å². The molecule has 0 radical (unpaired) electrons. The van der Waals surface area contributed by atoms with E-state index in [2.05, 4.69) is 10.4 Å². The van der Waals surface area contributed by atoms with Gasteiger partial charge in [-0.2, -0.15) is 5.10 Å². The van der Waals surface area contributed by atoms with Crippen molar-refractivity contribution in [2.24, 2.45) is 0 Å². The molecule has 1 fully saturated rings. The van der Waals surface area contributed by atoms with Crippen LogP contribution in [0.2, 0.25) is 0 Å². The molecule has 2 rings (SSSR count). The summed E-state index contributed by atoms with van der Waals surface area (Å²) in [6, 6.07) is 0.385. The van der Waals surface area contributed by atoms with Crippen molar-refractivity contribution in [1.82, 2.24) is 9.78 Å². The Kier molecular flexibility index (Phi) is 3.93. The summed E-state index contributed by atoms with van der Waals surface area (Å²) in [4.78, 5) is 11.3. The van der Waals surface area contributed by atoms with Gasteiger partial charge in [-0.15, -0.1) is 0 Å². The number of hydrogen-bond donors (Lipinski definition) is 1. The highest BCUT2D eigenvalue weighted by molar-refractivity contribution is 5.98. The Balaban J connectivity index is 1.97. The maximum atomic E-state index is 11.3. The molecule has 1 amide bonds. The van der Waals surface area contributed by atoms with Crippen molar-refractivity contribution in [2.75, 3.05) is 18.5 Å². The highest BCUT2D eigenvalue weighted by atomic mass is 16.5. The first kappa shape index (κ1) is 11.9. The van der Waals surface area contributed by atoms with Crippen LogP contribution in [0.3, 0.4) is 0 Å². The minimum atomic E-state index is -0.126. The van der Waals surface area contributed by atoms with Gasteiger partial charge in [0.25, 0.3) is 0 Å². The number of anilines is 1. The fraction of sp³-hybridized carbons (Fsp3) is 0.500. The fourth-order valence-electron chi connectivity index (χ4n) is 1.89. The average Bonchev–Trinajstić information content (AvgIpc) is 2.79. The molecule has 0 spiro atoms. The van der Waals surface area contributed by atoms with E-state index in [-0.39, 0.29) is 5.91 Å². The van der Waals surface area contributed by atoms with E-state index in [1.165, 1.54) is 6.08 Å². The number of nitrogens with zero attached hydrogens (tertiary/aromatic N) is 2. The van der Waals surface area contributed by atoms with Crippen LogP contribution in [0.5, 0.6) is 0 Å². The molecule has 0 bridgehead atoms. The zero-order chi connectivity index (χ0) is 12.1. The van der Waals surface area contributed by atoms with Crippen molar-refractivity contribution in [3.63, 3.8) is 0 Å². The lowest BCUT2D eigenvalue weighted by atomic mass is 10.1. The largest absolute Gasteiger partial charge is 0.381 e. The van der Waals surface area contributed by atoms with Crippen LogP contribution in [0.25, 0.3) is 0 Å². The molecule has 1 aliphatic heterocycles. The van der Waals surface area contributed by atoms with Crippen LogP contribution in [0.15, 0.2) is 24.5 Å². The van der Waals surface area contributed by atoms with E-state index in [1.54, 1.807) is 12.3 Å². The van der Waals surface area contributed by atoms with E-state index >= 15 is 0 Å². The summed E-state index contributed by atoms with van der Waals surface area (Å²) >= 11 is 0. The number of ether oxygens (including phenoxy) is 1. The van der Waals surface area contributed by atoms with Gasteiger partial charge in [0.2, 0.25) is 5.91 Å². The summed E-state index contributed by atoms with van der Waals surface area (Å²) < 4.78 is 7.22. The summed E-state index contributed by atoms with van der Waals surface area (Å²) in [5, 5.41) is 7.04. The van der Waals surface area contributed by atoms with E-state index in [0.717, 1.165) is 31.7 Å². The first-order valence-electron chi connectivity index (χ1n) is 5.85. The summed E-state index contributed by atoms with van der Waals surface area (Å²) in [6.45, 7) is 3.38. The van der Waals surface area contributed by atoms with Crippen molar-refractivity contribution < 1.29 is 9.53 Å². The normalized spacial score (nSPS) is 17.5. The number of carbonyl (C=O) groups excluding carboxylic acids is 1. The number of carbonyl (C=O) groups is 1. The lowest BCUT2D eigenvalue weighted by molar-refractivity contribution is -0.111. The molecular weight excluding hydrogens is 218 g/mol. The molecule has 1 aliphatic rings. The Bertz CT molecular complexity index is 406. The Labute approximate surface area is 100 Å². The zero-order valence-electron chi connectivity index (χ0n) is 9.93. The van der Waals surface area contributed by atoms with Crippen LogP contribution < -0.4 is 5.32 Å². The molecule has 17 heavy (non-hydrogen) atoms. The maximum absolute atomic E-state index is 11.3. The molecule has 5 nitrogen and oxygen atoms in total. The number of amides is 1. The lowest BCUT2D eigenvalue weighted by Gasteiger charge is -2.22. The third-order valence-electron chi connectivity index (χ3n) is 2.75. The van der Waals surface area contributed by atoms with Gasteiger partial charge >= 0.3 is 0 Å². The van der Waals surface area contributed by atoms with Crippen LogP contribution in [0.4, 0.5) is 5.69 Å². The number of hydrogen-bond acceptors (Lipinski definition) is 3. The summed E-state index contributed by atoms with van der Waals surface area (Å²) in [5.74, 6) is -0.126. The second-order valence-corrected chi connectivity index (χ2v) is 4.04. The molecule has 92 valence electrons. The molecule has 2 heterocycles. The minimum Gasteiger partial charge on any atom is -0.381 e. The highest BCUT2D eigenvalue weighted by Crippen LogP contribution is 2.21. The van der Waals surface area contributed by atoms with E-state index in [0.29, 0.717) is 6.04 Å². The van der Waals surface area contributed by atoms with Crippen LogP contribution in [0.1, 0.15) is 25.8 Å². The predicted octanol–water partition coefficient (Wildman–Crippen LogP) is 1.75. The SMILES string of the molecule is C/C=C/C(=O)Nc1cnn(C2CCOCC2)c1.